The molecule has 0 amide bonds. The molecule has 0 unspecified atom stereocenters. The van der Waals surface area contributed by atoms with E-state index in [-0.39, 0.29) is 0 Å². The second-order valence-corrected chi connectivity index (χ2v) is 4.57. The van der Waals surface area contributed by atoms with Crippen molar-refractivity contribution >= 4 is 0 Å². The molecule has 3 heteroatoms. The van der Waals surface area contributed by atoms with Crippen LogP contribution in [0.15, 0.2) is 36.5 Å². The highest BCUT2D eigenvalue weighted by atomic mass is 15.1. The van der Waals surface area contributed by atoms with Gasteiger partial charge in [0.1, 0.15) is 5.82 Å². The summed E-state index contributed by atoms with van der Waals surface area (Å²) in [6.45, 7) is 3.99. The molecular weight excluding hydrogens is 222 g/mol. The molecule has 2 rings (SSSR count). The Morgan fingerprint density at radius 1 is 1.22 bits per heavy atom. The van der Waals surface area contributed by atoms with Gasteiger partial charge in [-0.15, -0.1) is 0 Å². The van der Waals surface area contributed by atoms with Gasteiger partial charge in [-0.3, -0.25) is 0 Å². The topological polar surface area (TPSA) is 29.9 Å². The van der Waals surface area contributed by atoms with E-state index in [9.17, 15) is 0 Å². The Hall–Kier alpha value is -1.61. The van der Waals surface area contributed by atoms with E-state index in [1.165, 1.54) is 11.3 Å². The van der Waals surface area contributed by atoms with Crippen molar-refractivity contribution in [2.75, 3.05) is 7.05 Å². The third kappa shape index (κ3) is 3.20. The quantitative estimate of drug-likeness (QED) is 0.845. The molecule has 0 saturated heterocycles. The van der Waals surface area contributed by atoms with E-state index >= 15 is 0 Å². The van der Waals surface area contributed by atoms with E-state index < -0.39 is 0 Å². The van der Waals surface area contributed by atoms with Crippen molar-refractivity contribution < 1.29 is 0 Å². The second-order valence-electron chi connectivity index (χ2n) is 4.57. The standard InChI is InChI=1S/C15H21N3/c1-13-17-12-15(11-16-2)18(13)10-6-9-14-7-4-3-5-8-14/h3-5,7-8,12,16H,6,9-11H2,1-2H3. The summed E-state index contributed by atoms with van der Waals surface area (Å²) in [4.78, 5) is 4.38. The second kappa shape index (κ2) is 6.36. The van der Waals surface area contributed by atoms with Crippen molar-refractivity contribution in [3.8, 4) is 0 Å². The van der Waals surface area contributed by atoms with E-state index in [2.05, 4.69) is 52.1 Å². The lowest BCUT2D eigenvalue weighted by molar-refractivity contribution is 0.589. The highest BCUT2D eigenvalue weighted by Crippen LogP contribution is 2.08. The van der Waals surface area contributed by atoms with E-state index in [0.717, 1.165) is 31.8 Å². The molecule has 0 aliphatic heterocycles. The first-order valence-electron chi connectivity index (χ1n) is 6.51. The molecular formula is C15H21N3. The molecule has 1 heterocycles. The highest BCUT2D eigenvalue weighted by Gasteiger charge is 2.05. The van der Waals surface area contributed by atoms with Crippen LogP contribution in [0.5, 0.6) is 0 Å². The Balaban J connectivity index is 1.92. The van der Waals surface area contributed by atoms with Gasteiger partial charge in [0.25, 0.3) is 0 Å². The number of hydrogen-bond acceptors (Lipinski definition) is 2. The minimum absolute atomic E-state index is 0.881. The Morgan fingerprint density at radius 3 is 2.72 bits per heavy atom. The molecule has 1 aromatic heterocycles. The monoisotopic (exact) mass is 243 g/mol. The average molecular weight is 243 g/mol. The van der Waals surface area contributed by atoms with Crippen LogP contribution in [0.3, 0.4) is 0 Å². The van der Waals surface area contributed by atoms with Crippen molar-refractivity contribution in [2.45, 2.75) is 32.9 Å². The Labute approximate surface area is 109 Å². The minimum Gasteiger partial charge on any atom is -0.331 e. The smallest absolute Gasteiger partial charge is 0.105 e. The van der Waals surface area contributed by atoms with Crippen LogP contribution in [-0.4, -0.2) is 16.6 Å². The fraction of sp³-hybridized carbons (Fsp3) is 0.400. The number of benzene rings is 1. The van der Waals surface area contributed by atoms with Crippen LogP contribution in [-0.2, 0) is 19.5 Å². The summed E-state index contributed by atoms with van der Waals surface area (Å²) >= 11 is 0. The Kier molecular flexibility index (Phi) is 4.53. The maximum atomic E-state index is 4.38. The van der Waals surface area contributed by atoms with Crippen molar-refractivity contribution in [3.05, 3.63) is 53.6 Å². The number of aromatic nitrogens is 2. The molecule has 18 heavy (non-hydrogen) atoms. The molecule has 3 nitrogen and oxygen atoms in total. The van der Waals surface area contributed by atoms with Crippen LogP contribution in [0, 0.1) is 6.92 Å². The number of nitrogens with zero attached hydrogens (tertiary/aromatic N) is 2. The van der Waals surface area contributed by atoms with Crippen molar-refractivity contribution in [1.29, 1.82) is 0 Å². The summed E-state index contributed by atoms with van der Waals surface area (Å²) < 4.78 is 2.30. The number of rotatable bonds is 6. The van der Waals surface area contributed by atoms with Crippen LogP contribution >= 0.6 is 0 Å². The van der Waals surface area contributed by atoms with Gasteiger partial charge in [-0.05, 0) is 32.4 Å². The molecule has 0 fully saturated rings. The molecule has 0 aliphatic carbocycles. The van der Waals surface area contributed by atoms with Crippen LogP contribution in [0.1, 0.15) is 23.5 Å². The molecule has 0 saturated carbocycles. The summed E-state index contributed by atoms with van der Waals surface area (Å²) in [5, 5.41) is 3.18. The van der Waals surface area contributed by atoms with Gasteiger partial charge in [0.05, 0.1) is 5.69 Å². The predicted molar refractivity (Wildman–Crippen MR) is 74.5 cm³/mol. The van der Waals surface area contributed by atoms with E-state index in [1.54, 1.807) is 0 Å². The largest absolute Gasteiger partial charge is 0.331 e. The zero-order valence-corrected chi connectivity index (χ0v) is 11.2. The van der Waals surface area contributed by atoms with Crippen LogP contribution < -0.4 is 5.32 Å². The van der Waals surface area contributed by atoms with Crippen LogP contribution in [0.4, 0.5) is 0 Å². The molecule has 0 atom stereocenters. The number of imidazole rings is 1. The first-order chi connectivity index (χ1) is 8.81. The lowest BCUT2D eigenvalue weighted by Gasteiger charge is -2.10. The molecule has 0 bridgehead atoms. The lowest BCUT2D eigenvalue weighted by atomic mass is 10.1. The summed E-state index contributed by atoms with van der Waals surface area (Å²) in [5.41, 5.74) is 2.67. The van der Waals surface area contributed by atoms with Crippen LogP contribution in [0.25, 0.3) is 0 Å². The molecule has 1 N–H and O–H groups in total. The third-order valence-electron chi connectivity index (χ3n) is 3.19. The van der Waals surface area contributed by atoms with Gasteiger partial charge in [0, 0.05) is 19.3 Å². The summed E-state index contributed by atoms with van der Waals surface area (Å²) in [6, 6.07) is 10.6. The fourth-order valence-corrected chi connectivity index (χ4v) is 2.23. The highest BCUT2D eigenvalue weighted by molar-refractivity contribution is 5.14. The first kappa shape index (κ1) is 12.8. The first-order valence-corrected chi connectivity index (χ1v) is 6.51. The number of hydrogen-bond donors (Lipinski definition) is 1. The molecule has 2 aromatic rings. The average Bonchev–Trinajstić information content (AvgIpc) is 2.73. The summed E-state index contributed by atoms with van der Waals surface area (Å²) in [7, 11) is 1.97. The molecule has 96 valence electrons. The maximum absolute atomic E-state index is 4.38. The van der Waals surface area contributed by atoms with Gasteiger partial charge in [-0.2, -0.15) is 0 Å². The van der Waals surface area contributed by atoms with Crippen molar-refractivity contribution in [2.24, 2.45) is 0 Å². The number of aryl methyl sites for hydroxylation is 2. The SMILES string of the molecule is CNCc1cnc(C)n1CCCc1ccccc1. The summed E-state index contributed by atoms with van der Waals surface area (Å²) in [5.74, 6) is 1.10. The number of nitrogens with one attached hydrogen (secondary N) is 1. The molecule has 0 aliphatic rings. The zero-order chi connectivity index (χ0) is 12.8. The minimum atomic E-state index is 0.881. The van der Waals surface area contributed by atoms with Gasteiger partial charge in [0.2, 0.25) is 0 Å². The maximum Gasteiger partial charge on any atom is 0.105 e. The fourth-order valence-electron chi connectivity index (χ4n) is 2.23. The third-order valence-corrected chi connectivity index (χ3v) is 3.19. The van der Waals surface area contributed by atoms with E-state index in [1.807, 2.05) is 13.2 Å². The normalized spacial score (nSPS) is 10.8. The van der Waals surface area contributed by atoms with Gasteiger partial charge in [-0.25, -0.2) is 4.98 Å². The predicted octanol–water partition coefficient (Wildman–Crippen LogP) is 2.54. The van der Waals surface area contributed by atoms with E-state index in [0.29, 0.717) is 0 Å². The van der Waals surface area contributed by atoms with E-state index in [4.69, 9.17) is 0 Å². The zero-order valence-electron chi connectivity index (χ0n) is 11.2. The Bertz CT molecular complexity index is 474. The Morgan fingerprint density at radius 2 is 2.00 bits per heavy atom. The van der Waals surface area contributed by atoms with Crippen LogP contribution in [0.2, 0.25) is 0 Å². The summed E-state index contributed by atoms with van der Waals surface area (Å²) in [6.07, 6.45) is 4.24. The van der Waals surface area contributed by atoms with Crippen molar-refractivity contribution in [3.63, 3.8) is 0 Å². The lowest BCUT2D eigenvalue weighted by Crippen LogP contribution is -2.12. The van der Waals surface area contributed by atoms with Crippen molar-refractivity contribution in [1.82, 2.24) is 14.9 Å². The molecule has 0 radical (unpaired) electrons. The molecule has 0 spiro atoms. The van der Waals surface area contributed by atoms with Gasteiger partial charge < -0.3 is 9.88 Å². The van der Waals surface area contributed by atoms with Gasteiger partial charge in [-0.1, -0.05) is 30.3 Å². The van der Waals surface area contributed by atoms with Gasteiger partial charge >= 0.3 is 0 Å². The van der Waals surface area contributed by atoms with Gasteiger partial charge in [0.15, 0.2) is 0 Å². The molecule has 1 aromatic carbocycles.